The van der Waals surface area contributed by atoms with Crippen molar-refractivity contribution in [1.29, 1.82) is 0 Å². The number of rotatable bonds is 6. The molecule has 0 aliphatic rings. The molecule has 0 saturated carbocycles. The summed E-state index contributed by atoms with van der Waals surface area (Å²) in [6.45, 7) is 5.82. The molecule has 1 N–H and O–H groups in total. The predicted molar refractivity (Wildman–Crippen MR) is 74.5 cm³/mol. The van der Waals surface area contributed by atoms with E-state index < -0.39 is 6.10 Å². The Kier molecular flexibility index (Phi) is 6.12. The smallest absolute Gasteiger partial charge is 0.260 e. The Morgan fingerprint density at radius 3 is 2.83 bits per heavy atom. The van der Waals surface area contributed by atoms with Crippen LogP contribution in [0.4, 0.5) is 0 Å². The van der Waals surface area contributed by atoms with Crippen LogP contribution in [-0.2, 0) is 4.79 Å². The van der Waals surface area contributed by atoms with E-state index in [9.17, 15) is 4.79 Å². The molecule has 0 fully saturated rings. The van der Waals surface area contributed by atoms with Crippen LogP contribution in [0.25, 0.3) is 0 Å². The van der Waals surface area contributed by atoms with Crippen LogP contribution in [0.3, 0.4) is 0 Å². The molecule has 0 radical (unpaired) electrons. The minimum atomic E-state index is -0.527. The van der Waals surface area contributed by atoms with Gasteiger partial charge in [-0.25, -0.2) is 0 Å². The summed E-state index contributed by atoms with van der Waals surface area (Å²) in [5, 5.41) is 2.92. The van der Waals surface area contributed by atoms with Crippen LogP contribution in [0.2, 0.25) is 0 Å². The monoisotopic (exact) mass is 314 g/mol. The zero-order valence-corrected chi connectivity index (χ0v) is 12.5. The summed E-state index contributed by atoms with van der Waals surface area (Å²) < 4.78 is 6.36. The van der Waals surface area contributed by atoms with Crippen molar-refractivity contribution in [2.24, 2.45) is 0 Å². The first kappa shape index (κ1) is 15.0. The van der Waals surface area contributed by atoms with E-state index in [1.165, 1.54) is 0 Å². The number of aromatic nitrogens is 1. The van der Waals surface area contributed by atoms with E-state index in [1.807, 2.05) is 6.92 Å². The minimum absolute atomic E-state index is 0.101. The quantitative estimate of drug-likeness (QED) is 0.878. The molecule has 1 aromatic rings. The predicted octanol–water partition coefficient (Wildman–Crippen LogP) is 2.92. The van der Waals surface area contributed by atoms with Gasteiger partial charge in [0.15, 0.2) is 6.10 Å². The largest absolute Gasteiger partial charge is 0.479 e. The fraction of sp³-hybridized carbons (Fsp3) is 0.538. The van der Waals surface area contributed by atoms with Gasteiger partial charge in [0.05, 0.1) is 6.20 Å². The number of nitrogens with one attached hydrogen (secondary N) is 1. The van der Waals surface area contributed by atoms with Crippen molar-refractivity contribution in [2.45, 2.75) is 45.8 Å². The second-order valence-electron chi connectivity index (χ2n) is 4.30. The summed E-state index contributed by atoms with van der Waals surface area (Å²) in [5.41, 5.74) is 0. The van der Waals surface area contributed by atoms with E-state index in [4.69, 9.17) is 4.74 Å². The average Bonchev–Trinajstić information content (AvgIpc) is 2.29. The van der Waals surface area contributed by atoms with Gasteiger partial charge in [0.2, 0.25) is 0 Å². The first-order valence-corrected chi connectivity index (χ1v) is 6.89. The summed E-state index contributed by atoms with van der Waals surface area (Å²) in [6.07, 6.45) is 4.74. The third-order valence-electron chi connectivity index (χ3n) is 2.47. The first-order valence-electron chi connectivity index (χ1n) is 6.10. The maximum absolute atomic E-state index is 11.8. The van der Waals surface area contributed by atoms with Gasteiger partial charge >= 0.3 is 0 Å². The summed E-state index contributed by atoms with van der Waals surface area (Å²) >= 11 is 3.31. The fourth-order valence-electron chi connectivity index (χ4n) is 1.58. The van der Waals surface area contributed by atoms with Gasteiger partial charge in [-0.3, -0.25) is 9.78 Å². The molecule has 0 aliphatic heterocycles. The van der Waals surface area contributed by atoms with Gasteiger partial charge in [0.1, 0.15) is 5.75 Å². The van der Waals surface area contributed by atoms with Crippen LogP contribution in [0, 0.1) is 0 Å². The van der Waals surface area contributed by atoms with Gasteiger partial charge in [-0.05, 0) is 42.3 Å². The zero-order chi connectivity index (χ0) is 13.5. The van der Waals surface area contributed by atoms with E-state index in [1.54, 1.807) is 25.4 Å². The van der Waals surface area contributed by atoms with Crippen molar-refractivity contribution in [1.82, 2.24) is 10.3 Å². The van der Waals surface area contributed by atoms with Gasteiger partial charge in [-0.1, -0.05) is 13.3 Å². The summed E-state index contributed by atoms with van der Waals surface area (Å²) in [5.74, 6) is 0.478. The van der Waals surface area contributed by atoms with E-state index in [0.717, 1.165) is 17.3 Å². The van der Waals surface area contributed by atoms with Crippen molar-refractivity contribution in [3.8, 4) is 5.75 Å². The van der Waals surface area contributed by atoms with Crippen LogP contribution in [-0.4, -0.2) is 23.0 Å². The zero-order valence-electron chi connectivity index (χ0n) is 10.9. The molecular formula is C13H19BrN2O2. The van der Waals surface area contributed by atoms with Crippen LogP contribution < -0.4 is 10.1 Å². The van der Waals surface area contributed by atoms with Gasteiger partial charge in [0, 0.05) is 16.7 Å². The van der Waals surface area contributed by atoms with E-state index in [-0.39, 0.29) is 11.9 Å². The van der Waals surface area contributed by atoms with Gasteiger partial charge in [-0.2, -0.15) is 0 Å². The lowest BCUT2D eigenvalue weighted by molar-refractivity contribution is -0.127. The fourth-order valence-corrected chi connectivity index (χ4v) is 1.92. The SMILES string of the molecule is CCCC(C)NC(=O)C(C)Oc1cncc(Br)c1. The molecular weight excluding hydrogens is 296 g/mol. The number of nitrogens with zero attached hydrogens (tertiary/aromatic N) is 1. The van der Waals surface area contributed by atoms with E-state index in [2.05, 4.69) is 33.2 Å². The van der Waals surface area contributed by atoms with Crippen LogP contribution in [0.5, 0.6) is 5.75 Å². The molecule has 2 unspecified atom stereocenters. The third kappa shape index (κ3) is 5.04. The second kappa shape index (κ2) is 7.36. The lowest BCUT2D eigenvalue weighted by Gasteiger charge is -2.18. The number of carbonyl (C=O) groups excluding carboxylic acids is 1. The summed E-state index contributed by atoms with van der Waals surface area (Å²) in [7, 11) is 0. The number of pyridine rings is 1. The Morgan fingerprint density at radius 2 is 2.22 bits per heavy atom. The topological polar surface area (TPSA) is 51.2 Å². The van der Waals surface area contributed by atoms with Crippen LogP contribution in [0.1, 0.15) is 33.6 Å². The Morgan fingerprint density at radius 1 is 1.50 bits per heavy atom. The molecule has 0 aliphatic carbocycles. The highest BCUT2D eigenvalue weighted by molar-refractivity contribution is 9.10. The molecule has 2 atom stereocenters. The van der Waals surface area contributed by atoms with Gasteiger partial charge in [0.25, 0.3) is 5.91 Å². The second-order valence-corrected chi connectivity index (χ2v) is 5.21. The molecule has 1 aromatic heterocycles. The van der Waals surface area contributed by atoms with Crippen molar-refractivity contribution in [3.05, 3.63) is 22.9 Å². The van der Waals surface area contributed by atoms with E-state index >= 15 is 0 Å². The standard InChI is InChI=1S/C13H19BrN2O2/c1-4-5-9(2)16-13(17)10(3)18-12-6-11(14)7-15-8-12/h6-10H,4-5H2,1-3H3,(H,16,17). The Bertz CT molecular complexity index is 398. The van der Waals surface area contributed by atoms with Crippen molar-refractivity contribution in [3.63, 3.8) is 0 Å². The highest BCUT2D eigenvalue weighted by Gasteiger charge is 2.16. The number of carbonyl (C=O) groups is 1. The lowest BCUT2D eigenvalue weighted by Crippen LogP contribution is -2.41. The molecule has 18 heavy (non-hydrogen) atoms. The first-order chi connectivity index (χ1) is 8.52. The molecule has 0 bridgehead atoms. The highest BCUT2D eigenvalue weighted by atomic mass is 79.9. The average molecular weight is 315 g/mol. The van der Waals surface area contributed by atoms with Gasteiger partial charge < -0.3 is 10.1 Å². The lowest BCUT2D eigenvalue weighted by atomic mass is 10.2. The summed E-state index contributed by atoms with van der Waals surface area (Å²) in [6, 6.07) is 1.96. The Hall–Kier alpha value is -1.10. The minimum Gasteiger partial charge on any atom is -0.479 e. The van der Waals surface area contributed by atoms with Crippen molar-refractivity contribution < 1.29 is 9.53 Å². The number of hydrogen-bond donors (Lipinski definition) is 1. The number of ether oxygens (including phenoxy) is 1. The molecule has 0 aromatic carbocycles. The van der Waals surface area contributed by atoms with Crippen molar-refractivity contribution in [2.75, 3.05) is 0 Å². The normalized spacial score (nSPS) is 13.8. The highest BCUT2D eigenvalue weighted by Crippen LogP contribution is 2.17. The molecule has 1 amide bonds. The maximum atomic E-state index is 11.8. The van der Waals surface area contributed by atoms with Crippen LogP contribution >= 0.6 is 15.9 Å². The summed E-state index contributed by atoms with van der Waals surface area (Å²) in [4.78, 5) is 15.8. The molecule has 1 heterocycles. The third-order valence-corrected chi connectivity index (χ3v) is 2.91. The van der Waals surface area contributed by atoms with Gasteiger partial charge in [-0.15, -0.1) is 0 Å². The number of amides is 1. The molecule has 4 nitrogen and oxygen atoms in total. The molecule has 0 saturated heterocycles. The molecule has 100 valence electrons. The molecule has 0 spiro atoms. The Balaban J connectivity index is 2.49. The number of hydrogen-bond acceptors (Lipinski definition) is 3. The molecule has 5 heteroatoms. The van der Waals surface area contributed by atoms with Crippen LogP contribution in [0.15, 0.2) is 22.9 Å². The Labute approximate surface area is 116 Å². The van der Waals surface area contributed by atoms with E-state index in [0.29, 0.717) is 5.75 Å². The maximum Gasteiger partial charge on any atom is 0.260 e. The van der Waals surface area contributed by atoms with Crippen molar-refractivity contribution >= 4 is 21.8 Å². The molecule has 1 rings (SSSR count). The number of halogens is 1.